The molecule has 0 saturated heterocycles. The van der Waals surface area contributed by atoms with Crippen molar-refractivity contribution in [2.24, 2.45) is 5.73 Å². The summed E-state index contributed by atoms with van der Waals surface area (Å²) in [6, 6.07) is -0.416. The van der Waals surface area contributed by atoms with Gasteiger partial charge in [-0.1, -0.05) is 13.3 Å². The summed E-state index contributed by atoms with van der Waals surface area (Å²) in [5.41, 5.74) is 7.71. The van der Waals surface area contributed by atoms with Gasteiger partial charge in [0.05, 0.1) is 6.04 Å². The number of unbranched alkanes of at least 4 members (excludes halogenated alkanes) is 1. The van der Waals surface area contributed by atoms with Gasteiger partial charge in [-0.15, -0.1) is 0 Å². The molecule has 0 aromatic rings. The molecular formula is C9H21N3O2. The van der Waals surface area contributed by atoms with Crippen LogP contribution in [0.2, 0.25) is 0 Å². The second kappa shape index (κ2) is 8.93. The lowest BCUT2D eigenvalue weighted by Gasteiger charge is -2.11. The van der Waals surface area contributed by atoms with Crippen LogP contribution in [0.5, 0.6) is 0 Å². The fourth-order valence-electron chi connectivity index (χ4n) is 1.08. The van der Waals surface area contributed by atoms with Gasteiger partial charge in [0, 0.05) is 13.1 Å². The largest absolute Gasteiger partial charge is 0.355 e. The first kappa shape index (κ1) is 13.4. The smallest absolute Gasteiger partial charge is 0.236 e. The molecule has 1 atom stereocenters. The van der Waals surface area contributed by atoms with Crippen LogP contribution >= 0.6 is 0 Å². The van der Waals surface area contributed by atoms with Crippen LogP contribution < -0.4 is 16.5 Å². The highest BCUT2D eigenvalue weighted by atomic mass is 16.5. The Bertz CT molecular complexity index is 153. The zero-order chi connectivity index (χ0) is 10.8. The van der Waals surface area contributed by atoms with Crippen LogP contribution in [-0.2, 0) is 4.79 Å². The first-order valence-corrected chi connectivity index (χ1v) is 5.12. The predicted octanol–water partition coefficient (Wildman–Crippen LogP) is -0.0110. The summed E-state index contributed by atoms with van der Waals surface area (Å²) in [6.07, 6.45) is 3.25. The summed E-state index contributed by atoms with van der Waals surface area (Å²) in [5.74, 6) is -0.0798. The molecule has 5 N–H and O–H groups in total. The molecule has 5 heteroatoms. The average molecular weight is 203 g/mol. The lowest BCUT2D eigenvalue weighted by atomic mass is 10.1. The van der Waals surface area contributed by atoms with E-state index >= 15 is 0 Å². The van der Waals surface area contributed by atoms with Crippen molar-refractivity contribution >= 4 is 5.91 Å². The van der Waals surface area contributed by atoms with Gasteiger partial charge in [0.1, 0.15) is 0 Å². The molecule has 5 nitrogen and oxygen atoms in total. The molecule has 14 heavy (non-hydrogen) atoms. The minimum absolute atomic E-state index is 0.0798. The molecular weight excluding hydrogens is 182 g/mol. The van der Waals surface area contributed by atoms with E-state index in [4.69, 9.17) is 10.9 Å². The number of amides is 1. The Kier molecular flexibility index (Phi) is 8.51. The van der Waals surface area contributed by atoms with E-state index < -0.39 is 6.04 Å². The Balaban J connectivity index is 3.42. The lowest BCUT2D eigenvalue weighted by molar-refractivity contribution is -0.122. The molecule has 0 fully saturated rings. The summed E-state index contributed by atoms with van der Waals surface area (Å²) in [7, 11) is 0. The van der Waals surface area contributed by atoms with Crippen LogP contribution in [0.25, 0.3) is 0 Å². The van der Waals surface area contributed by atoms with Crippen molar-refractivity contribution in [2.75, 3.05) is 13.1 Å². The average Bonchev–Trinajstić information content (AvgIpc) is 2.20. The van der Waals surface area contributed by atoms with Crippen molar-refractivity contribution in [3.63, 3.8) is 0 Å². The highest BCUT2D eigenvalue weighted by Crippen LogP contribution is 1.98. The van der Waals surface area contributed by atoms with Gasteiger partial charge in [0.2, 0.25) is 5.91 Å². The Morgan fingerprint density at radius 1 is 1.43 bits per heavy atom. The number of nitrogens with one attached hydrogen (secondary N) is 2. The quantitative estimate of drug-likeness (QED) is 0.330. The van der Waals surface area contributed by atoms with Crippen LogP contribution in [0.3, 0.4) is 0 Å². The van der Waals surface area contributed by atoms with Crippen LogP contribution in [0, 0.1) is 0 Å². The minimum atomic E-state index is -0.416. The number of hydroxylamine groups is 1. The monoisotopic (exact) mass is 203 g/mol. The number of nitrogens with two attached hydrogens (primary N) is 1. The zero-order valence-corrected chi connectivity index (χ0v) is 8.75. The zero-order valence-electron chi connectivity index (χ0n) is 8.75. The van der Waals surface area contributed by atoms with Gasteiger partial charge < -0.3 is 16.3 Å². The summed E-state index contributed by atoms with van der Waals surface area (Å²) in [4.78, 5) is 11.3. The maximum Gasteiger partial charge on any atom is 0.236 e. The van der Waals surface area contributed by atoms with Crippen molar-refractivity contribution in [3.05, 3.63) is 0 Å². The Morgan fingerprint density at radius 3 is 2.71 bits per heavy atom. The maximum atomic E-state index is 11.3. The molecule has 0 aromatic carbocycles. The third-order valence-corrected chi connectivity index (χ3v) is 1.94. The van der Waals surface area contributed by atoms with Gasteiger partial charge in [-0.05, 0) is 19.3 Å². The van der Waals surface area contributed by atoms with E-state index in [9.17, 15) is 4.79 Å². The van der Waals surface area contributed by atoms with Crippen molar-refractivity contribution < 1.29 is 10.0 Å². The number of carbonyl (C=O) groups excluding carboxylic acids is 1. The second-order valence-corrected chi connectivity index (χ2v) is 3.30. The molecule has 1 amide bonds. The molecule has 0 aromatic heterocycles. The minimum Gasteiger partial charge on any atom is -0.355 e. The lowest BCUT2D eigenvalue weighted by Crippen LogP contribution is -2.40. The fraction of sp³-hybridized carbons (Fsp3) is 0.889. The molecule has 0 aliphatic rings. The molecule has 0 spiro atoms. The number of carbonyl (C=O) groups is 1. The van der Waals surface area contributed by atoms with Crippen LogP contribution in [0.15, 0.2) is 0 Å². The Labute approximate surface area is 85.0 Å². The van der Waals surface area contributed by atoms with Crippen LogP contribution in [0.1, 0.15) is 32.6 Å². The van der Waals surface area contributed by atoms with E-state index in [1.54, 1.807) is 0 Å². The summed E-state index contributed by atoms with van der Waals surface area (Å²) in [6.45, 7) is 3.23. The molecule has 0 aliphatic carbocycles. The van der Waals surface area contributed by atoms with E-state index in [0.717, 1.165) is 19.3 Å². The van der Waals surface area contributed by atoms with Crippen LogP contribution in [-0.4, -0.2) is 30.2 Å². The third kappa shape index (κ3) is 6.82. The first-order chi connectivity index (χ1) is 6.72. The van der Waals surface area contributed by atoms with E-state index in [0.29, 0.717) is 19.5 Å². The van der Waals surface area contributed by atoms with Crippen molar-refractivity contribution in [3.8, 4) is 0 Å². The highest BCUT2D eigenvalue weighted by molar-refractivity contribution is 5.81. The molecule has 0 aliphatic heterocycles. The van der Waals surface area contributed by atoms with E-state index in [1.165, 1.54) is 0 Å². The number of hydrogen-bond donors (Lipinski definition) is 4. The molecule has 0 unspecified atom stereocenters. The molecule has 0 rings (SSSR count). The highest BCUT2D eigenvalue weighted by Gasteiger charge is 2.11. The summed E-state index contributed by atoms with van der Waals surface area (Å²) >= 11 is 0. The topological polar surface area (TPSA) is 87.4 Å². The molecule has 0 bridgehead atoms. The standard InChI is InChI=1S/C9H21N3O2/c1-2-6-11-9(13)8(10)5-3-4-7-12-14/h8,12,14H,2-7,10H2,1H3,(H,11,13)/t8-/m1/s1. The molecule has 0 radical (unpaired) electrons. The van der Waals surface area contributed by atoms with Gasteiger partial charge in [-0.25, -0.2) is 5.48 Å². The van der Waals surface area contributed by atoms with Gasteiger partial charge >= 0.3 is 0 Å². The van der Waals surface area contributed by atoms with Crippen molar-refractivity contribution in [1.82, 2.24) is 10.8 Å². The predicted molar refractivity (Wildman–Crippen MR) is 54.9 cm³/mol. The van der Waals surface area contributed by atoms with E-state index in [-0.39, 0.29) is 5.91 Å². The fourth-order valence-corrected chi connectivity index (χ4v) is 1.08. The van der Waals surface area contributed by atoms with E-state index in [1.807, 2.05) is 6.92 Å². The third-order valence-electron chi connectivity index (χ3n) is 1.94. The Morgan fingerprint density at radius 2 is 2.14 bits per heavy atom. The summed E-state index contributed by atoms with van der Waals surface area (Å²) < 4.78 is 0. The number of hydrogen-bond acceptors (Lipinski definition) is 4. The van der Waals surface area contributed by atoms with Crippen LogP contribution in [0.4, 0.5) is 0 Å². The van der Waals surface area contributed by atoms with Gasteiger partial charge in [-0.2, -0.15) is 0 Å². The Hall–Kier alpha value is -0.650. The molecule has 84 valence electrons. The van der Waals surface area contributed by atoms with Gasteiger partial charge in [0.15, 0.2) is 0 Å². The SMILES string of the molecule is CCCNC(=O)[C@H](N)CCCCNO. The second-order valence-electron chi connectivity index (χ2n) is 3.30. The van der Waals surface area contributed by atoms with Gasteiger partial charge in [-0.3, -0.25) is 4.79 Å². The summed E-state index contributed by atoms with van der Waals surface area (Å²) in [5, 5.41) is 11.0. The van der Waals surface area contributed by atoms with E-state index in [2.05, 4.69) is 10.8 Å². The van der Waals surface area contributed by atoms with Crippen molar-refractivity contribution in [1.29, 1.82) is 0 Å². The normalized spacial score (nSPS) is 12.5. The molecule has 0 heterocycles. The van der Waals surface area contributed by atoms with Gasteiger partial charge in [0.25, 0.3) is 0 Å². The number of rotatable bonds is 8. The maximum absolute atomic E-state index is 11.3. The first-order valence-electron chi connectivity index (χ1n) is 5.12. The molecule has 0 saturated carbocycles. The van der Waals surface area contributed by atoms with Crippen molar-refractivity contribution in [2.45, 2.75) is 38.6 Å².